The summed E-state index contributed by atoms with van der Waals surface area (Å²) >= 11 is 0. The molecule has 2 aliphatic heterocycles. The lowest BCUT2D eigenvalue weighted by Crippen LogP contribution is -2.50. The molecule has 0 saturated carbocycles. The Morgan fingerprint density at radius 1 is 1.11 bits per heavy atom. The molecule has 27 heavy (non-hydrogen) atoms. The van der Waals surface area contributed by atoms with Crippen LogP contribution in [-0.4, -0.2) is 41.5 Å². The van der Waals surface area contributed by atoms with Gasteiger partial charge in [0.15, 0.2) is 0 Å². The van der Waals surface area contributed by atoms with Crippen LogP contribution >= 0.6 is 0 Å². The van der Waals surface area contributed by atoms with E-state index in [4.69, 9.17) is 0 Å². The van der Waals surface area contributed by atoms with Gasteiger partial charge in [-0.15, -0.1) is 0 Å². The molecule has 2 unspecified atom stereocenters. The molecule has 0 spiro atoms. The topological polar surface area (TPSA) is 36.4 Å². The molecule has 4 nitrogen and oxygen atoms in total. The summed E-state index contributed by atoms with van der Waals surface area (Å²) in [6.07, 6.45) is 5.87. The fourth-order valence-corrected chi connectivity index (χ4v) is 4.45. The van der Waals surface area contributed by atoms with Crippen molar-refractivity contribution in [3.63, 3.8) is 0 Å². The molecule has 2 aliphatic rings. The monoisotopic (exact) mass is 367 g/mol. The first kappa shape index (κ1) is 18.0. The fraction of sp³-hybridized carbons (Fsp3) is 0.455. The third kappa shape index (κ3) is 4.12. The average Bonchev–Trinajstić information content (AvgIpc) is 3.12. The number of halogens is 1. The van der Waals surface area contributed by atoms with Crippen LogP contribution in [0.2, 0.25) is 0 Å². The van der Waals surface area contributed by atoms with Crippen molar-refractivity contribution in [3.05, 3.63) is 60.0 Å². The van der Waals surface area contributed by atoms with Crippen molar-refractivity contribution < 1.29 is 9.18 Å². The molecule has 2 saturated heterocycles. The van der Waals surface area contributed by atoms with Gasteiger partial charge < -0.3 is 9.80 Å². The van der Waals surface area contributed by atoms with Crippen molar-refractivity contribution in [2.24, 2.45) is 5.92 Å². The summed E-state index contributed by atoms with van der Waals surface area (Å²) in [6.45, 7) is 2.59. The summed E-state index contributed by atoms with van der Waals surface area (Å²) in [6, 6.07) is 13.8. The molecule has 0 radical (unpaired) electrons. The summed E-state index contributed by atoms with van der Waals surface area (Å²) in [7, 11) is 0. The van der Waals surface area contributed by atoms with E-state index in [-0.39, 0.29) is 17.8 Å². The van der Waals surface area contributed by atoms with Gasteiger partial charge in [-0.3, -0.25) is 4.79 Å². The number of amides is 1. The van der Waals surface area contributed by atoms with E-state index in [2.05, 4.69) is 26.9 Å². The molecule has 4 rings (SSSR count). The number of aryl methyl sites for hydroxylation is 1. The maximum atomic E-state index is 13.1. The number of benzene rings is 1. The van der Waals surface area contributed by atoms with Crippen molar-refractivity contribution in [3.8, 4) is 0 Å². The van der Waals surface area contributed by atoms with Gasteiger partial charge in [-0.2, -0.15) is 0 Å². The Kier molecular flexibility index (Phi) is 5.37. The Labute approximate surface area is 160 Å². The molecular formula is C22H26FN3O. The van der Waals surface area contributed by atoms with Gasteiger partial charge in [-0.25, -0.2) is 9.37 Å². The Morgan fingerprint density at radius 2 is 1.93 bits per heavy atom. The Morgan fingerprint density at radius 3 is 2.70 bits per heavy atom. The number of carbonyl (C=O) groups is 1. The molecule has 2 fully saturated rings. The lowest BCUT2D eigenvalue weighted by atomic mass is 9.92. The largest absolute Gasteiger partial charge is 0.355 e. The molecule has 0 aliphatic carbocycles. The molecule has 0 N–H and O–H groups in total. The maximum Gasteiger partial charge on any atom is 0.222 e. The Balaban J connectivity index is 1.34. The third-order valence-electron chi connectivity index (χ3n) is 5.92. The summed E-state index contributed by atoms with van der Waals surface area (Å²) in [5.41, 5.74) is 1.29. The van der Waals surface area contributed by atoms with Crippen LogP contribution in [0.5, 0.6) is 0 Å². The smallest absolute Gasteiger partial charge is 0.222 e. The van der Waals surface area contributed by atoms with Crippen molar-refractivity contribution >= 4 is 11.7 Å². The van der Waals surface area contributed by atoms with E-state index in [1.807, 2.05) is 18.2 Å². The minimum atomic E-state index is -0.315. The highest BCUT2D eigenvalue weighted by atomic mass is 19.1. The number of hydrogen-bond acceptors (Lipinski definition) is 3. The van der Waals surface area contributed by atoms with Crippen molar-refractivity contribution in [2.75, 3.05) is 24.5 Å². The molecule has 1 amide bonds. The zero-order chi connectivity index (χ0) is 18.6. The van der Waals surface area contributed by atoms with Crippen LogP contribution in [0.15, 0.2) is 48.7 Å². The molecule has 1 aromatic carbocycles. The normalized spacial score (nSPS) is 22.0. The fourth-order valence-electron chi connectivity index (χ4n) is 4.45. The first-order valence-electron chi connectivity index (χ1n) is 9.90. The van der Waals surface area contributed by atoms with Gasteiger partial charge in [0.2, 0.25) is 5.91 Å². The zero-order valence-corrected chi connectivity index (χ0v) is 15.6. The van der Waals surface area contributed by atoms with Gasteiger partial charge in [-0.05, 0) is 49.3 Å². The number of anilines is 1. The number of fused-ring (bicyclic) bond motifs is 1. The van der Waals surface area contributed by atoms with Crippen LogP contribution in [-0.2, 0) is 11.2 Å². The highest BCUT2D eigenvalue weighted by Gasteiger charge is 2.40. The van der Waals surface area contributed by atoms with E-state index in [9.17, 15) is 9.18 Å². The minimum Gasteiger partial charge on any atom is -0.355 e. The van der Waals surface area contributed by atoms with Crippen LogP contribution in [0.4, 0.5) is 10.2 Å². The Bertz CT molecular complexity index is 765. The van der Waals surface area contributed by atoms with Crippen molar-refractivity contribution in [1.29, 1.82) is 0 Å². The lowest BCUT2D eigenvalue weighted by molar-refractivity contribution is -0.132. The highest BCUT2D eigenvalue weighted by molar-refractivity contribution is 5.77. The molecule has 142 valence electrons. The molecule has 2 aromatic rings. The second-order valence-electron chi connectivity index (χ2n) is 7.61. The summed E-state index contributed by atoms with van der Waals surface area (Å²) in [5.74, 6) is 1.34. The molecule has 2 atom stereocenters. The first-order valence-corrected chi connectivity index (χ1v) is 9.90. The van der Waals surface area contributed by atoms with E-state index >= 15 is 0 Å². The summed E-state index contributed by atoms with van der Waals surface area (Å²) < 4.78 is 13.1. The van der Waals surface area contributed by atoms with Crippen LogP contribution in [0.1, 0.15) is 31.2 Å². The van der Waals surface area contributed by atoms with Gasteiger partial charge in [0.25, 0.3) is 0 Å². The van der Waals surface area contributed by atoms with Crippen molar-refractivity contribution in [2.45, 2.75) is 38.1 Å². The highest BCUT2D eigenvalue weighted by Crippen LogP contribution is 2.33. The first-order chi connectivity index (χ1) is 13.2. The number of carbonyl (C=O) groups excluding carboxylic acids is 1. The second kappa shape index (κ2) is 8.07. The van der Waals surface area contributed by atoms with Crippen molar-refractivity contribution in [1.82, 2.24) is 9.88 Å². The number of aromatic nitrogens is 1. The van der Waals surface area contributed by atoms with Crippen LogP contribution in [0.3, 0.4) is 0 Å². The van der Waals surface area contributed by atoms with E-state index in [1.54, 1.807) is 6.07 Å². The number of piperidine rings is 1. The van der Waals surface area contributed by atoms with Crippen LogP contribution in [0.25, 0.3) is 0 Å². The average molecular weight is 367 g/mol. The van der Waals surface area contributed by atoms with Crippen LogP contribution < -0.4 is 4.90 Å². The van der Waals surface area contributed by atoms with E-state index in [1.165, 1.54) is 17.8 Å². The number of rotatable bonds is 5. The quantitative estimate of drug-likeness (QED) is 0.809. The van der Waals surface area contributed by atoms with Gasteiger partial charge in [0.1, 0.15) is 11.6 Å². The number of hydrogen-bond donors (Lipinski definition) is 0. The zero-order valence-electron chi connectivity index (χ0n) is 15.6. The van der Waals surface area contributed by atoms with E-state index in [0.717, 1.165) is 51.1 Å². The molecular weight excluding hydrogens is 341 g/mol. The molecule has 0 bridgehead atoms. The second-order valence-corrected chi connectivity index (χ2v) is 7.61. The van der Waals surface area contributed by atoms with Gasteiger partial charge in [0, 0.05) is 26.1 Å². The predicted molar refractivity (Wildman–Crippen MR) is 104 cm³/mol. The Hall–Kier alpha value is -2.43. The third-order valence-corrected chi connectivity index (χ3v) is 5.92. The number of nitrogens with zero attached hydrogens (tertiary/aromatic N) is 3. The molecule has 1 aromatic heterocycles. The molecule has 3 heterocycles. The number of pyridine rings is 1. The van der Waals surface area contributed by atoms with E-state index in [0.29, 0.717) is 12.3 Å². The lowest BCUT2D eigenvalue weighted by Gasteiger charge is -2.39. The number of likely N-dealkylation sites (tertiary alicyclic amines) is 1. The predicted octanol–water partition coefficient (Wildman–Crippen LogP) is 3.67. The van der Waals surface area contributed by atoms with Gasteiger partial charge >= 0.3 is 0 Å². The van der Waals surface area contributed by atoms with Gasteiger partial charge in [0.05, 0.1) is 12.2 Å². The maximum absolute atomic E-state index is 13.1. The van der Waals surface area contributed by atoms with Crippen LogP contribution in [0, 0.1) is 11.7 Å². The SMILES string of the molecule is O=C(CCCc1ccccc1)N1CCC2CCN(c3ccc(F)cn3)CC21. The summed E-state index contributed by atoms with van der Waals surface area (Å²) in [4.78, 5) is 21.3. The van der Waals surface area contributed by atoms with E-state index < -0.39 is 0 Å². The standard InChI is InChI=1S/C22H26FN3O/c23-19-9-10-21(24-15-19)25-13-11-18-12-14-26(20(18)16-25)22(27)8-4-7-17-5-2-1-3-6-17/h1-3,5-6,9-10,15,18,20H,4,7-8,11-14,16H2. The molecule has 5 heteroatoms. The minimum absolute atomic E-state index is 0.259. The van der Waals surface area contributed by atoms with Gasteiger partial charge in [-0.1, -0.05) is 30.3 Å². The summed E-state index contributed by atoms with van der Waals surface area (Å²) in [5, 5.41) is 0.